The van der Waals surface area contributed by atoms with Gasteiger partial charge >= 0.3 is 5.92 Å². The fourth-order valence-electron chi connectivity index (χ4n) is 4.22. The number of nitrogens with zero attached hydrogens (tertiary/aromatic N) is 6. The number of hydrogen-bond donors (Lipinski definition) is 1. The molecule has 1 N–H and O–H groups in total. The van der Waals surface area contributed by atoms with Crippen molar-refractivity contribution in [1.29, 1.82) is 5.26 Å². The van der Waals surface area contributed by atoms with Crippen molar-refractivity contribution in [3.05, 3.63) is 101 Å². The molecular weight excluding hydrogens is 480 g/mol. The summed E-state index contributed by atoms with van der Waals surface area (Å²) in [6, 6.07) is 14.8. The van der Waals surface area contributed by atoms with Crippen molar-refractivity contribution in [3.8, 4) is 6.07 Å². The first-order valence-corrected chi connectivity index (χ1v) is 11.3. The Hall–Kier alpha value is -4.98. The normalized spacial score (nSPS) is 15.1. The van der Waals surface area contributed by atoms with E-state index in [1.807, 2.05) is 6.07 Å². The monoisotopic (exact) mass is 499 g/mol. The molecule has 11 heteroatoms. The van der Waals surface area contributed by atoms with Gasteiger partial charge < -0.3 is 10.2 Å². The van der Waals surface area contributed by atoms with Gasteiger partial charge in [-0.25, -0.2) is 9.97 Å². The molecule has 5 rings (SSSR count). The summed E-state index contributed by atoms with van der Waals surface area (Å²) in [4.78, 5) is 35.3. The van der Waals surface area contributed by atoms with Crippen LogP contribution in [0, 0.1) is 11.3 Å². The van der Waals surface area contributed by atoms with Crippen LogP contribution in [-0.4, -0.2) is 37.6 Å². The Bertz CT molecular complexity index is 1530. The maximum absolute atomic E-state index is 14.9. The van der Waals surface area contributed by atoms with Gasteiger partial charge in [0.25, 0.3) is 11.8 Å². The zero-order valence-electron chi connectivity index (χ0n) is 19.5. The van der Waals surface area contributed by atoms with Gasteiger partial charge in [0.05, 0.1) is 36.0 Å². The fourth-order valence-corrected chi connectivity index (χ4v) is 4.22. The Balaban J connectivity index is 1.42. The second-order valence-electron chi connectivity index (χ2n) is 8.45. The van der Waals surface area contributed by atoms with Crippen molar-refractivity contribution in [1.82, 2.24) is 19.7 Å². The van der Waals surface area contributed by atoms with E-state index >= 15 is 0 Å². The largest absolute Gasteiger partial charge is 0.331 e. The van der Waals surface area contributed by atoms with E-state index < -0.39 is 23.6 Å². The number of hydrogen-bond acceptors (Lipinski definition) is 6. The average molecular weight is 499 g/mol. The van der Waals surface area contributed by atoms with Crippen LogP contribution in [0.25, 0.3) is 0 Å². The van der Waals surface area contributed by atoms with E-state index in [2.05, 4.69) is 20.4 Å². The topological polar surface area (TPSA) is 117 Å². The van der Waals surface area contributed by atoms with Gasteiger partial charge in [0.2, 0.25) is 5.82 Å². The third-order valence-corrected chi connectivity index (χ3v) is 5.99. The van der Waals surface area contributed by atoms with Gasteiger partial charge in [0.1, 0.15) is 5.69 Å². The Kier molecular flexibility index (Phi) is 5.93. The molecule has 0 radical (unpaired) electrons. The van der Waals surface area contributed by atoms with Gasteiger partial charge in [-0.3, -0.25) is 14.3 Å². The molecule has 2 aromatic carbocycles. The van der Waals surface area contributed by atoms with Crippen molar-refractivity contribution in [3.63, 3.8) is 0 Å². The first-order valence-electron chi connectivity index (χ1n) is 11.3. The van der Waals surface area contributed by atoms with Gasteiger partial charge in [-0.2, -0.15) is 19.1 Å². The Morgan fingerprint density at radius 1 is 1.14 bits per heavy atom. The number of rotatable bonds is 5. The molecule has 2 aromatic heterocycles. The molecule has 0 saturated heterocycles. The molecule has 0 aliphatic carbocycles. The van der Waals surface area contributed by atoms with E-state index in [0.717, 1.165) is 0 Å². The minimum absolute atomic E-state index is 0.0636. The molecular formula is C26H19F2N7O2. The molecule has 0 saturated carbocycles. The van der Waals surface area contributed by atoms with Crippen LogP contribution in [0.1, 0.15) is 44.7 Å². The van der Waals surface area contributed by atoms with Gasteiger partial charge in [-0.1, -0.05) is 18.2 Å². The van der Waals surface area contributed by atoms with Gasteiger partial charge in [-0.05, 0) is 43.3 Å². The number of carbonyl (C=O) groups excluding carboxylic acids is 2. The number of alkyl halides is 2. The van der Waals surface area contributed by atoms with Crippen molar-refractivity contribution in [2.24, 2.45) is 0 Å². The molecule has 0 spiro atoms. The summed E-state index contributed by atoms with van der Waals surface area (Å²) in [5, 5.41) is 16.0. The average Bonchev–Trinajstić information content (AvgIpc) is 3.34. The summed E-state index contributed by atoms with van der Waals surface area (Å²) in [6.07, 6.45) is 3.81. The number of fused-ring (bicyclic) bond motifs is 1. The maximum atomic E-state index is 14.9. The second-order valence-corrected chi connectivity index (χ2v) is 8.45. The van der Waals surface area contributed by atoms with Crippen LogP contribution in [0.4, 0.5) is 20.2 Å². The van der Waals surface area contributed by atoms with Crippen LogP contribution < -0.4 is 10.2 Å². The number of carbonyl (C=O) groups is 2. The van der Waals surface area contributed by atoms with E-state index in [-0.39, 0.29) is 22.9 Å². The molecule has 4 aromatic rings. The molecule has 0 fully saturated rings. The first kappa shape index (κ1) is 23.7. The summed E-state index contributed by atoms with van der Waals surface area (Å²) in [5.74, 6) is -5.08. The number of nitriles is 1. The lowest BCUT2D eigenvalue weighted by Crippen LogP contribution is -2.47. The highest BCUT2D eigenvalue weighted by Crippen LogP contribution is 2.35. The Labute approximate surface area is 210 Å². The molecule has 2 amide bonds. The van der Waals surface area contributed by atoms with Crippen molar-refractivity contribution in [2.45, 2.75) is 25.4 Å². The van der Waals surface area contributed by atoms with Crippen LogP contribution in [0.15, 0.2) is 73.2 Å². The van der Waals surface area contributed by atoms with E-state index in [9.17, 15) is 18.4 Å². The van der Waals surface area contributed by atoms with Crippen LogP contribution in [0.5, 0.6) is 0 Å². The number of nitrogens with one attached hydrogen (secondary N) is 1. The molecule has 0 bridgehead atoms. The van der Waals surface area contributed by atoms with E-state index in [4.69, 9.17) is 5.26 Å². The van der Waals surface area contributed by atoms with Gasteiger partial charge in [-0.15, -0.1) is 0 Å². The third-order valence-electron chi connectivity index (χ3n) is 5.99. The van der Waals surface area contributed by atoms with E-state index in [1.165, 1.54) is 64.6 Å². The smallest absolute Gasteiger partial charge is 0.322 e. The minimum atomic E-state index is -3.41. The number of aromatic nitrogens is 4. The standard InChI is InChI=1S/C26H19F2N7O2/c1-16-15-34-22(21(14-32-34)23(36)33-19-5-2-4-17(12-19)13-29)24(37)35(16)20-8-6-18(7-9-20)26(27,28)25-30-10-3-11-31-25/h2-12,14,16H,15H2,1H3,(H,33,36)/t16-/m0/s1. The fraction of sp³-hybridized carbons (Fsp3) is 0.154. The summed E-state index contributed by atoms with van der Waals surface area (Å²) >= 11 is 0. The van der Waals surface area contributed by atoms with Crippen molar-refractivity contribution < 1.29 is 18.4 Å². The number of amides is 2. The molecule has 37 heavy (non-hydrogen) atoms. The van der Waals surface area contributed by atoms with E-state index in [0.29, 0.717) is 23.5 Å². The van der Waals surface area contributed by atoms with E-state index in [1.54, 1.807) is 25.1 Å². The third kappa shape index (κ3) is 4.29. The SMILES string of the molecule is C[C@H]1Cn2ncc(C(=O)Nc3cccc(C#N)c3)c2C(=O)N1c1ccc(C(F)(F)c2ncccn2)cc1. The highest BCUT2D eigenvalue weighted by molar-refractivity contribution is 6.15. The minimum Gasteiger partial charge on any atom is -0.322 e. The highest BCUT2D eigenvalue weighted by Gasteiger charge is 2.39. The molecule has 0 unspecified atom stereocenters. The second kappa shape index (κ2) is 9.23. The number of anilines is 2. The lowest BCUT2D eigenvalue weighted by Gasteiger charge is -2.34. The van der Waals surface area contributed by atoms with Gasteiger partial charge in [0.15, 0.2) is 0 Å². The quantitative estimate of drug-likeness (QED) is 0.444. The maximum Gasteiger partial charge on any atom is 0.331 e. The summed E-state index contributed by atoms with van der Waals surface area (Å²) in [7, 11) is 0. The molecule has 3 heterocycles. The van der Waals surface area contributed by atoms with Crippen molar-refractivity contribution >= 4 is 23.2 Å². The van der Waals surface area contributed by atoms with Crippen LogP contribution in [0.2, 0.25) is 0 Å². The number of benzene rings is 2. The summed E-state index contributed by atoms with van der Waals surface area (Å²) < 4.78 is 31.2. The predicted octanol–water partition coefficient (Wildman–Crippen LogP) is 3.99. The van der Waals surface area contributed by atoms with Gasteiger partial charge in [0, 0.05) is 29.3 Å². The lowest BCUT2D eigenvalue weighted by atomic mass is 10.0. The zero-order valence-corrected chi connectivity index (χ0v) is 19.5. The Morgan fingerprint density at radius 3 is 2.57 bits per heavy atom. The molecule has 1 atom stereocenters. The molecule has 9 nitrogen and oxygen atoms in total. The van der Waals surface area contributed by atoms with Crippen molar-refractivity contribution in [2.75, 3.05) is 10.2 Å². The first-order chi connectivity index (χ1) is 17.8. The zero-order chi connectivity index (χ0) is 26.2. The molecule has 184 valence electrons. The predicted molar refractivity (Wildman–Crippen MR) is 129 cm³/mol. The highest BCUT2D eigenvalue weighted by atomic mass is 19.3. The summed E-state index contributed by atoms with van der Waals surface area (Å²) in [5.41, 5.74) is 0.999. The lowest BCUT2D eigenvalue weighted by molar-refractivity contribution is 0.0328. The number of halogens is 2. The molecule has 1 aliphatic rings. The van der Waals surface area contributed by atoms with Crippen LogP contribution in [-0.2, 0) is 12.5 Å². The van der Waals surface area contributed by atoms with Crippen LogP contribution >= 0.6 is 0 Å². The molecule has 1 aliphatic heterocycles. The van der Waals surface area contributed by atoms with Crippen LogP contribution in [0.3, 0.4) is 0 Å². The Morgan fingerprint density at radius 2 is 1.86 bits per heavy atom. The summed E-state index contributed by atoms with van der Waals surface area (Å²) in [6.45, 7) is 2.10.